The number of rotatable bonds is 17. The molecule has 1 heterocycles. The summed E-state index contributed by atoms with van der Waals surface area (Å²) >= 11 is 1.00. The summed E-state index contributed by atoms with van der Waals surface area (Å²) in [5, 5.41) is 13.3. The summed E-state index contributed by atoms with van der Waals surface area (Å²) in [6.07, 6.45) is 7.14. The van der Waals surface area contributed by atoms with Crippen LogP contribution in [0.3, 0.4) is 0 Å². The molecule has 0 aliphatic heterocycles. The van der Waals surface area contributed by atoms with Gasteiger partial charge < -0.3 is 24.9 Å². The van der Waals surface area contributed by atoms with Crippen molar-refractivity contribution in [3.05, 3.63) is 63.3 Å². The zero-order chi connectivity index (χ0) is 24.0. The number of phenolic OH excluding ortho intramolecular Hbond substituents is 1. The number of H-pyrrole nitrogens is 1. The van der Waals surface area contributed by atoms with Gasteiger partial charge in [0.1, 0.15) is 17.4 Å². The van der Waals surface area contributed by atoms with Gasteiger partial charge in [0.15, 0.2) is 0 Å². The quantitative estimate of drug-likeness (QED) is 0.189. The number of nitrogens with one attached hydrogen (secondary N) is 2. The van der Waals surface area contributed by atoms with Crippen LogP contribution in [0.25, 0.3) is 10.2 Å². The number of carbonyl (C=O) groups is 1. The van der Waals surface area contributed by atoms with Crippen LogP contribution in [0, 0.1) is 0 Å². The fourth-order valence-corrected chi connectivity index (χ4v) is 4.83. The van der Waals surface area contributed by atoms with Crippen LogP contribution in [0.15, 0.2) is 47.3 Å². The average molecular weight is 487 g/mol. The molecule has 0 radical (unpaired) electrons. The van der Waals surface area contributed by atoms with Gasteiger partial charge >= 0.3 is 4.87 Å². The third kappa shape index (κ3) is 8.27. The molecular formula is C26H34N2O5S. The van der Waals surface area contributed by atoms with Crippen molar-refractivity contribution in [3.8, 4) is 5.75 Å². The maximum Gasteiger partial charge on any atom is 0.305 e. The van der Waals surface area contributed by atoms with Crippen LogP contribution in [0.4, 0.5) is 0 Å². The monoisotopic (exact) mass is 486 g/mol. The van der Waals surface area contributed by atoms with Crippen LogP contribution in [0.1, 0.15) is 55.8 Å². The van der Waals surface area contributed by atoms with Gasteiger partial charge in [-0.15, -0.1) is 0 Å². The summed E-state index contributed by atoms with van der Waals surface area (Å²) in [7, 11) is 0. The predicted octanol–water partition coefficient (Wildman–Crippen LogP) is 4.70. The minimum atomic E-state index is -0.526. The van der Waals surface area contributed by atoms with Gasteiger partial charge in [0.25, 0.3) is 6.47 Å². The first-order valence-electron chi connectivity index (χ1n) is 11.9. The number of benzene rings is 2. The molecule has 0 fully saturated rings. The molecule has 0 saturated heterocycles. The highest BCUT2D eigenvalue weighted by Crippen LogP contribution is 2.32. The molecule has 0 saturated carbocycles. The molecule has 7 nitrogen and oxygen atoms in total. The van der Waals surface area contributed by atoms with Crippen LogP contribution < -0.4 is 10.2 Å². The van der Waals surface area contributed by atoms with Crippen molar-refractivity contribution in [2.45, 2.75) is 51.0 Å². The lowest BCUT2D eigenvalue weighted by Crippen LogP contribution is -2.24. The smallest absolute Gasteiger partial charge is 0.305 e. The molecule has 0 spiro atoms. The van der Waals surface area contributed by atoms with Gasteiger partial charge in [0, 0.05) is 25.3 Å². The minimum absolute atomic E-state index is 0.00563. The van der Waals surface area contributed by atoms with Crippen LogP contribution in [-0.4, -0.2) is 42.9 Å². The van der Waals surface area contributed by atoms with E-state index >= 15 is 0 Å². The third-order valence-corrected chi connectivity index (χ3v) is 6.65. The number of phenols is 1. The van der Waals surface area contributed by atoms with Crippen LogP contribution in [0.2, 0.25) is 0 Å². The number of aryl methyl sites for hydroxylation is 1. The van der Waals surface area contributed by atoms with Crippen molar-refractivity contribution in [3.63, 3.8) is 0 Å². The zero-order valence-corrected chi connectivity index (χ0v) is 20.3. The number of aromatic nitrogens is 1. The highest BCUT2D eigenvalue weighted by molar-refractivity contribution is 7.16. The number of thiazole rings is 1. The Bertz CT molecular complexity index is 1050. The topological polar surface area (TPSA) is 101 Å². The molecule has 1 aromatic heterocycles. The summed E-state index contributed by atoms with van der Waals surface area (Å²) in [6, 6.07) is 13.8. The van der Waals surface area contributed by atoms with Gasteiger partial charge in [-0.3, -0.25) is 9.59 Å². The summed E-state index contributed by atoms with van der Waals surface area (Å²) < 4.78 is 11.6. The molecule has 0 aliphatic carbocycles. The number of aromatic hydroxyl groups is 1. The van der Waals surface area contributed by atoms with E-state index in [1.807, 2.05) is 6.07 Å². The fourth-order valence-electron chi connectivity index (χ4n) is 3.91. The van der Waals surface area contributed by atoms with E-state index < -0.39 is 6.10 Å². The first kappa shape index (κ1) is 25.9. The van der Waals surface area contributed by atoms with Gasteiger partial charge in [-0.25, -0.2) is 0 Å². The van der Waals surface area contributed by atoms with Crippen molar-refractivity contribution >= 4 is 28.0 Å². The molecule has 0 bridgehead atoms. The number of fused-ring (bicyclic) bond motifs is 1. The number of ether oxygens (including phenoxy) is 2. The predicted molar refractivity (Wildman–Crippen MR) is 136 cm³/mol. The van der Waals surface area contributed by atoms with Crippen LogP contribution in [0.5, 0.6) is 5.75 Å². The van der Waals surface area contributed by atoms with E-state index in [0.29, 0.717) is 28.8 Å². The van der Waals surface area contributed by atoms with E-state index in [9.17, 15) is 14.7 Å². The Kier molecular flexibility index (Phi) is 11.1. The second kappa shape index (κ2) is 14.6. The van der Waals surface area contributed by atoms with Crippen molar-refractivity contribution in [2.75, 3.05) is 26.3 Å². The van der Waals surface area contributed by atoms with Crippen molar-refractivity contribution in [2.24, 2.45) is 0 Å². The number of aromatic amines is 1. The SMILES string of the molecule is O=CO[C@@H](CNCCCCCCOCCCCc1ccccc1)c1ccc(O)c2[nH]c(=O)sc12. The van der Waals surface area contributed by atoms with E-state index in [1.165, 1.54) is 11.6 Å². The molecule has 0 amide bonds. The first-order chi connectivity index (χ1) is 16.7. The van der Waals surface area contributed by atoms with Crippen LogP contribution >= 0.6 is 11.3 Å². The Morgan fingerprint density at radius 1 is 1.00 bits per heavy atom. The second-order valence-electron chi connectivity index (χ2n) is 8.29. The van der Waals surface area contributed by atoms with Gasteiger partial charge in [0.05, 0.1) is 4.70 Å². The molecule has 8 heteroatoms. The standard InChI is InChI=1S/C26H34N2O5S/c29-19-33-23(21-13-14-22(30)24-25(21)34-26(31)28-24)18-27-15-7-1-2-8-16-32-17-9-6-12-20-10-4-3-5-11-20/h3-5,10-11,13-14,19,23,27,30H,1-2,6-9,12,15-18H2,(H,28,31)/t23-/m0/s1. The van der Waals surface area contributed by atoms with E-state index in [0.717, 1.165) is 76.0 Å². The molecule has 3 rings (SSSR count). The van der Waals surface area contributed by atoms with E-state index in [-0.39, 0.29) is 10.6 Å². The molecule has 184 valence electrons. The molecule has 0 aliphatic rings. The average Bonchev–Trinajstić information content (AvgIpc) is 3.25. The van der Waals surface area contributed by atoms with E-state index in [2.05, 4.69) is 34.6 Å². The highest BCUT2D eigenvalue weighted by atomic mass is 32.1. The van der Waals surface area contributed by atoms with E-state index in [1.54, 1.807) is 6.07 Å². The lowest BCUT2D eigenvalue weighted by atomic mass is 10.1. The number of hydrogen-bond acceptors (Lipinski definition) is 7. The Morgan fingerprint density at radius 2 is 1.76 bits per heavy atom. The van der Waals surface area contributed by atoms with Gasteiger partial charge in [-0.2, -0.15) is 0 Å². The maximum atomic E-state index is 11.7. The molecule has 0 unspecified atom stereocenters. The summed E-state index contributed by atoms with van der Waals surface area (Å²) in [4.78, 5) is 25.1. The Balaban J connectivity index is 1.24. The summed E-state index contributed by atoms with van der Waals surface area (Å²) in [6.45, 7) is 3.31. The molecule has 3 aromatic rings. The summed E-state index contributed by atoms with van der Waals surface area (Å²) in [5.74, 6) is 0.00563. The zero-order valence-electron chi connectivity index (χ0n) is 19.5. The van der Waals surface area contributed by atoms with Gasteiger partial charge in [-0.05, 0) is 50.3 Å². The van der Waals surface area contributed by atoms with Gasteiger partial charge in [-0.1, -0.05) is 60.6 Å². The Labute approximate surface area is 204 Å². The molecular weight excluding hydrogens is 452 g/mol. The lowest BCUT2D eigenvalue weighted by molar-refractivity contribution is -0.133. The highest BCUT2D eigenvalue weighted by Gasteiger charge is 2.19. The summed E-state index contributed by atoms with van der Waals surface area (Å²) in [5.41, 5.74) is 2.47. The van der Waals surface area contributed by atoms with Crippen molar-refractivity contribution < 1.29 is 19.4 Å². The number of carbonyl (C=O) groups excluding carboxylic acids is 1. The van der Waals surface area contributed by atoms with Crippen molar-refractivity contribution in [1.82, 2.24) is 10.3 Å². The molecule has 34 heavy (non-hydrogen) atoms. The van der Waals surface area contributed by atoms with Crippen LogP contribution in [-0.2, 0) is 20.7 Å². The van der Waals surface area contributed by atoms with Crippen molar-refractivity contribution in [1.29, 1.82) is 0 Å². The molecule has 2 aromatic carbocycles. The molecule has 3 N–H and O–H groups in total. The molecule has 1 atom stereocenters. The lowest BCUT2D eigenvalue weighted by Gasteiger charge is -2.17. The van der Waals surface area contributed by atoms with E-state index in [4.69, 9.17) is 9.47 Å². The van der Waals surface area contributed by atoms with Gasteiger partial charge in [0.2, 0.25) is 0 Å². The normalized spacial score (nSPS) is 12.1. The fraction of sp³-hybridized carbons (Fsp3) is 0.462. The largest absolute Gasteiger partial charge is 0.506 e. The maximum absolute atomic E-state index is 11.7. The Morgan fingerprint density at radius 3 is 2.56 bits per heavy atom. The second-order valence-corrected chi connectivity index (χ2v) is 9.27. The number of hydrogen-bond donors (Lipinski definition) is 3. The first-order valence-corrected chi connectivity index (χ1v) is 12.8. The number of unbranched alkanes of at least 4 members (excludes halogenated alkanes) is 4. The third-order valence-electron chi connectivity index (χ3n) is 5.72. The Hall–Kier alpha value is -2.68. The minimum Gasteiger partial charge on any atom is -0.506 e.